The smallest absolute Gasteiger partial charge is 0.246 e. The summed E-state index contributed by atoms with van der Waals surface area (Å²) in [6.07, 6.45) is -0.443. The van der Waals surface area contributed by atoms with Crippen molar-refractivity contribution in [2.45, 2.75) is 36.2 Å². The highest BCUT2D eigenvalue weighted by molar-refractivity contribution is 6.68. The van der Waals surface area contributed by atoms with Gasteiger partial charge in [0.2, 0.25) is 16.4 Å². The van der Waals surface area contributed by atoms with Crippen LogP contribution in [-0.2, 0) is 10.2 Å². The fraction of sp³-hybridized carbons (Fsp3) is 0.500. The van der Waals surface area contributed by atoms with Gasteiger partial charge in [0.1, 0.15) is 5.75 Å². The number of carbonyl (C=O) groups excluding carboxylic acids is 1. The van der Waals surface area contributed by atoms with Crippen molar-refractivity contribution in [2.75, 3.05) is 7.05 Å². The van der Waals surface area contributed by atoms with Crippen molar-refractivity contribution in [3.63, 3.8) is 0 Å². The van der Waals surface area contributed by atoms with E-state index in [0.717, 1.165) is 0 Å². The van der Waals surface area contributed by atoms with Gasteiger partial charge < -0.3 is 9.64 Å². The number of alkyl halides is 3. The topological polar surface area (TPSA) is 29.5 Å². The molecule has 1 aromatic carbocycles. The molecule has 6 heteroatoms. The van der Waals surface area contributed by atoms with E-state index in [-0.39, 0.29) is 5.41 Å². The highest BCUT2D eigenvalue weighted by Gasteiger charge is 2.37. The Morgan fingerprint density at radius 1 is 1.15 bits per heavy atom. The Kier molecular flexibility index (Phi) is 5.59. The number of hydrogen-bond donors (Lipinski definition) is 0. The highest BCUT2D eigenvalue weighted by Crippen LogP contribution is 2.34. The molecule has 0 bridgehead atoms. The van der Waals surface area contributed by atoms with Crippen molar-refractivity contribution in [1.82, 2.24) is 4.90 Å². The monoisotopic (exact) mass is 337 g/mol. The van der Waals surface area contributed by atoms with Gasteiger partial charge in [-0.15, -0.1) is 0 Å². The van der Waals surface area contributed by atoms with Crippen LogP contribution in [0.15, 0.2) is 24.3 Å². The number of hydrogen-bond acceptors (Lipinski definition) is 2. The molecule has 0 aliphatic heterocycles. The van der Waals surface area contributed by atoms with Gasteiger partial charge in [-0.1, -0.05) is 67.7 Å². The quantitative estimate of drug-likeness (QED) is 0.469. The van der Waals surface area contributed by atoms with E-state index < -0.39 is 10.0 Å². The van der Waals surface area contributed by atoms with Crippen LogP contribution in [0.3, 0.4) is 0 Å². The van der Waals surface area contributed by atoms with E-state index in [0.29, 0.717) is 12.2 Å². The Bertz CT molecular complexity index is 449. The van der Waals surface area contributed by atoms with E-state index in [4.69, 9.17) is 39.5 Å². The zero-order valence-corrected chi connectivity index (χ0v) is 14.1. The molecule has 3 nitrogen and oxygen atoms in total. The number of amides is 1. The zero-order chi connectivity index (χ0) is 15.6. The standard InChI is InChI=1S/C14H18Cl3NO2/c1-13(2,3)10-5-7-11(8-6-10)20-12(14(15,16)17)18(4)9-19/h5-9,12H,1-4H3. The summed E-state index contributed by atoms with van der Waals surface area (Å²) in [7, 11) is 1.49. The fourth-order valence-electron chi connectivity index (χ4n) is 1.60. The summed E-state index contributed by atoms with van der Waals surface area (Å²) in [5, 5.41) is 0. The van der Waals surface area contributed by atoms with Crippen LogP contribution in [-0.4, -0.2) is 28.4 Å². The normalized spacial score (nSPS) is 13.8. The van der Waals surface area contributed by atoms with Crippen molar-refractivity contribution in [3.8, 4) is 5.75 Å². The van der Waals surface area contributed by atoms with Gasteiger partial charge in [-0.25, -0.2) is 0 Å². The summed E-state index contributed by atoms with van der Waals surface area (Å²) in [6.45, 7) is 6.35. The minimum absolute atomic E-state index is 0.0483. The van der Waals surface area contributed by atoms with Crippen LogP contribution in [0.4, 0.5) is 0 Å². The molecule has 20 heavy (non-hydrogen) atoms. The summed E-state index contributed by atoms with van der Waals surface area (Å²) in [5.41, 5.74) is 1.21. The van der Waals surface area contributed by atoms with Crippen molar-refractivity contribution in [1.29, 1.82) is 0 Å². The van der Waals surface area contributed by atoms with Crippen molar-refractivity contribution >= 4 is 41.2 Å². The number of halogens is 3. The molecular weight excluding hydrogens is 321 g/mol. The molecule has 0 spiro atoms. The first-order valence-corrected chi connectivity index (χ1v) is 7.20. The maximum Gasteiger partial charge on any atom is 0.246 e. The Morgan fingerprint density at radius 3 is 2.00 bits per heavy atom. The predicted octanol–water partition coefficient (Wildman–Crippen LogP) is 4.15. The van der Waals surface area contributed by atoms with Crippen LogP contribution in [0.5, 0.6) is 5.75 Å². The van der Waals surface area contributed by atoms with Gasteiger partial charge in [0, 0.05) is 7.05 Å². The second kappa shape index (κ2) is 6.42. The Hall–Kier alpha value is -0.640. The Morgan fingerprint density at radius 2 is 1.65 bits per heavy atom. The van der Waals surface area contributed by atoms with Crippen molar-refractivity contribution < 1.29 is 9.53 Å². The maximum atomic E-state index is 10.8. The summed E-state index contributed by atoms with van der Waals surface area (Å²) < 4.78 is 3.86. The van der Waals surface area contributed by atoms with E-state index in [2.05, 4.69) is 20.8 Å². The number of rotatable bonds is 4. The van der Waals surface area contributed by atoms with Gasteiger partial charge in [0.05, 0.1) is 0 Å². The average Bonchev–Trinajstić information content (AvgIpc) is 2.33. The molecule has 0 aromatic heterocycles. The lowest BCUT2D eigenvalue weighted by atomic mass is 9.87. The van der Waals surface area contributed by atoms with E-state index in [1.54, 1.807) is 12.1 Å². The molecule has 0 heterocycles. The van der Waals surface area contributed by atoms with Gasteiger partial charge in [-0.3, -0.25) is 4.79 Å². The highest BCUT2D eigenvalue weighted by atomic mass is 35.6. The van der Waals surface area contributed by atoms with Gasteiger partial charge in [-0.05, 0) is 23.1 Å². The Balaban J connectivity index is 2.93. The van der Waals surface area contributed by atoms with Gasteiger partial charge in [0.15, 0.2) is 0 Å². The number of benzene rings is 1. The molecule has 0 N–H and O–H groups in total. The van der Waals surface area contributed by atoms with Gasteiger partial charge in [0.25, 0.3) is 0 Å². The van der Waals surface area contributed by atoms with Crippen molar-refractivity contribution in [2.24, 2.45) is 0 Å². The minimum Gasteiger partial charge on any atom is -0.466 e. The minimum atomic E-state index is -1.74. The molecule has 1 aromatic rings. The second-order valence-corrected chi connectivity index (χ2v) is 7.93. The summed E-state index contributed by atoms with van der Waals surface area (Å²) in [6, 6.07) is 7.49. The third-order valence-corrected chi connectivity index (χ3v) is 3.34. The van der Waals surface area contributed by atoms with Crippen LogP contribution in [0, 0.1) is 0 Å². The average molecular weight is 339 g/mol. The zero-order valence-electron chi connectivity index (χ0n) is 11.9. The first kappa shape index (κ1) is 17.4. The lowest BCUT2D eigenvalue weighted by molar-refractivity contribution is -0.123. The maximum absolute atomic E-state index is 10.8. The fourth-order valence-corrected chi connectivity index (χ4v) is 2.19. The van der Waals surface area contributed by atoms with Gasteiger partial charge >= 0.3 is 0 Å². The van der Waals surface area contributed by atoms with Crippen LogP contribution < -0.4 is 4.74 Å². The Labute approximate surface area is 134 Å². The molecule has 1 amide bonds. The lowest BCUT2D eigenvalue weighted by Crippen LogP contribution is -2.45. The van der Waals surface area contributed by atoms with E-state index in [1.807, 2.05) is 12.1 Å². The lowest BCUT2D eigenvalue weighted by Gasteiger charge is -2.31. The number of carbonyl (C=O) groups is 1. The third kappa shape index (κ3) is 4.72. The molecule has 0 saturated carbocycles. The molecule has 0 radical (unpaired) electrons. The second-order valence-electron chi connectivity index (χ2n) is 5.56. The molecule has 112 valence electrons. The van der Waals surface area contributed by atoms with E-state index in [9.17, 15) is 4.79 Å². The molecule has 1 atom stereocenters. The molecule has 0 aliphatic carbocycles. The van der Waals surface area contributed by atoms with Crippen molar-refractivity contribution in [3.05, 3.63) is 29.8 Å². The summed E-state index contributed by atoms with van der Waals surface area (Å²) >= 11 is 17.5. The molecule has 1 unspecified atom stereocenters. The number of ether oxygens (including phenoxy) is 1. The SMILES string of the molecule is CN(C=O)C(Oc1ccc(C(C)(C)C)cc1)C(Cl)(Cl)Cl. The largest absolute Gasteiger partial charge is 0.466 e. The van der Waals surface area contributed by atoms with E-state index >= 15 is 0 Å². The van der Waals surface area contributed by atoms with Gasteiger partial charge in [-0.2, -0.15) is 0 Å². The van der Waals surface area contributed by atoms with Crippen LogP contribution in [0.1, 0.15) is 26.3 Å². The first-order chi connectivity index (χ1) is 9.05. The van der Waals surface area contributed by atoms with Crippen LogP contribution in [0.25, 0.3) is 0 Å². The molecular formula is C14H18Cl3NO2. The summed E-state index contributed by atoms with van der Waals surface area (Å²) in [5.74, 6) is 0.531. The van der Waals surface area contributed by atoms with Crippen LogP contribution >= 0.6 is 34.8 Å². The first-order valence-electron chi connectivity index (χ1n) is 6.07. The van der Waals surface area contributed by atoms with E-state index in [1.165, 1.54) is 17.5 Å². The molecule has 0 aliphatic rings. The third-order valence-electron chi connectivity index (χ3n) is 2.78. The summed E-state index contributed by atoms with van der Waals surface area (Å²) in [4.78, 5) is 12.0. The molecule has 0 saturated heterocycles. The molecule has 0 fully saturated rings. The predicted molar refractivity (Wildman–Crippen MR) is 83.7 cm³/mol. The van der Waals surface area contributed by atoms with Crippen LogP contribution in [0.2, 0.25) is 0 Å². The number of nitrogens with zero attached hydrogens (tertiary/aromatic N) is 1. The molecule has 1 rings (SSSR count).